The molecule has 0 aromatic heterocycles. The lowest BCUT2D eigenvalue weighted by Gasteiger charge is -2.13. The highest BCUT2D eigenvalue weighted by molar-refractivity contribution is 9.10. The minimum atomic E-state index is -4.63. The van der Waals surface area contributed by atoms with Crippen molar-refractivity contribution in [2.24, 2.45) is 0 Å². The Hall–Kier alpha value is -1.99. The van der Waals surface area contributed by atoms with Gasteiger partial charge in [0.25, 0.3) is 0 Å². The Balaban J connectivity index is 2.05. The van der Waals surface area contributed by atoms with Crippen molar-refractivity contribution in [1.29, 1.82) is 0 Å². The van der Waals surface area contributed by atoms with Gasteiger partial charge in [-0.05, 0) is 42.0 Å². The Bertz CT molecular complexity index is 778. The maximum absolute atomic E-state index is 12.9. The molecule has 0 unspecified atom stereocenters. The zero-order valence-electron chi connectivity index (χ0n) is 12.0. The molecule has 2 amide bonds. The van der Waals surface area contributed by atoms with Gasteiger partial charge in [0.1, 0.15) is 0 Å². The van der Waals surface area contributed by atoms with Gasteiger partial charge in [-0.15, -0.1) is 0 Å². The van der Waals surface area contributed by atoms with Crippen LogP contribution in [0.15, 0.2) is 53.1 Å². The molecule has 0 atom stereocenters. The number of benzene rings is 2. The van der Waals surface area contributed by atoms with Crippen LogP contribution in [0.4, 0.5) is 23.7 Å². The topological polar surface area (TPSA) is 41.1 Å². The number of nitrogens with one attached hydrogen (secondary N) is 2. The molecule has 0 aliphatic heterocycles. The molecule has 0 saturated carbocycles. The third kappa shape index (κ3) is 5.28. The summed E-state index contributed by atoms with van der Waals surface area (Å²) in [6.45, 7) is 0. The van der Waals surface area contributed by atoms with Crippen molar-refractivity contribution in [1.82, 2.24) is 5.32 Å². The van der Waals surface area contributed by atoms with Crippen LogP contribution in [0.25, 0.3) is 6.08 Å². The average Bonchev–Trinajstić information content (AvgIpc) is 2.48. The van der Waals surface area contributed by atoms with E-state index in [-0.39, 0.29) is 10.7 Å². The first-order valence-electron chi connectivity index (χ1n) is 6.62. The van der Waals surface area contributed by atoms with Crippen molar-refractivity contribution in [2.45, 2.75) is 6.18 Å². The molecule has 3 nitrogen and oxygen atoms in total. The summed E-state index contributed by atoms with van der Waals surface area (Å²) in [6, 6.07) is 9.61. The number of carbonyl (C=O) groups is 1. The normalized spacial score (nSPS) is 11.5. The Morgan fingerprint density at radius 1 is 1.17 bits per heavy atom. The molecule has 24 heavy (non-hydrogen) atoms. The Kier molecular flexibility index (Phi) is 5.90. The molecule has 0 radical (unpaired) electrons. The number of alkyl halides is 3. The van der Waals surface area contributed by atoms with Gasteiger partial charge >= 0.3 is 12.2 Å². The summed E-state index contributed by atoms with van der Waals surface area (Å²) in [7, 11) is 0. The fraction of sp³-hybridized carbons (Fsp3) is 0.0625. The zero-order valence-corrected chi connectivity index (χ0v) is 14.3. The largest absolute Gasteiger partial charge is 0.418 e. The van der Waals surface area contributed by atoms with Crippen LogP contribution in [0.1, 0.15) is 11.1 Å². The lowest BCUT2D eigenvalue weighted by molar-refractivity contribution is -0.136. The molecule has 0 saturated heterocycles. The first-order chi connectivity index (χ1) is 11.3. The predicted molar refractivity (Wildman–Crippen MR) is 91.8 cm³/mol. The number of amides is 2. The van der Waals surface area contributed by atoms with Crippen LogP contribution in [0.2, 0.25) is 5.02 Å². The van der Waals surface area contributed by atoms with Gasteiger partial charge in [0.05, 0.1) is 11.3 Å². The molecule has 2 aromatic carbocycles. The van der Waals surface area contributed by atoms with Crippen LogP contribution in [0, 0.1) is 0 Å². The minimum Gasteiger partial charge on any atom is -0.314 e. The standard InChI is InChI=1S/C16H11BrClF3N2O/c17-11-3-1-2-10(8-11)6-7-22-15(24)23-14-5-4-12(18)9-13(14)16(19,20)21/h1-9H,(H2,22,23,24)/b7-6+. The summed E-state index contributed by atoms with van der Waals surface area (Å²) in [5.74, 6) is 0. The summed E-state index contributed by atoms with van der Waals surface area (Å²) >= 11 is 8.89. The van der Waals surface area contributed by atoms with Crippen molar-refractivity contribution in [2.75, 3.05) is 5.32 Å². The van der Waals surface area contributed by atoms with E-state index in [2.05, 4.69) is 26.6 Å². The van der Waals surface area contributed by atoms with E-state index < -0.39 is 17.8 Å². The van der Waals surface area contributed by atoms with E-state index in [0.29, 0.717) is 0 Å². The lowest BCUT2D eigenvalue weighted by atomic mass is 10.1. The first kappa shape index (κ1) is 18.4. The molecule has 0 aliphatic carbocycles. The van der Waals surface area contributed by atoms with Crippen molar-refractivity contribution in [3.05, 3.63) is 69.3 Å². The molecule has 0 fully saturated rings. The second-order valence-corrected chi connectivity index (χ2v) is 6.03. The molecule has 126 valence electrons. The highest BCUT2D eigenvalue weighted by Crippen LogP contribution is 2.36. The van der Waals surface area contributed by atoms with E-state index in [1.807, 2.05) is 24.3 Å². The summed E-state index contributed by atoms with van der Waals surface area (Å²) in [6.07, 6.45) is -1.68. The molecule has 0 heterocycles. The number of rotatable bonds is 3. The highest BCUT2D eigenvalue weighted by atomic mass is 79.9. The van der Waals surface area contributed by atoms with Crippen molar-refractivity contribution in [3.8, 4) is 0 Å². The number of hydrogen-bond acceptors (Lipinski definition) is 1. The smallest absolute Gasteiger partial charge is 0.314 e. The molecular formula is C16H11BrClF3N2O. The van der Waals surface area contributed by atoms with E-state index in [1.54, 1.807) is 6.08 Å². The molecule has 2 aromatic rings. The van der Waals surface area contributed by atoms with Crippen LogP contribution < -0.4 is 10.6 Å². The SMILES string of the molecule is O=C(N/C=C/c1cccc(Br)c1)Nc1ccc(Cl)cc1C(F)(F)F. The van der Waals surface area contributed by atoms with Gasteiger partial charge in [0.2, 0.25) is 0 Å². The maximum atomic E-state index is 12.9. The predicted octanol–water partition coefficient (Wildman–Crippen LogP) is 5.91. The number of urea groups is 1. The lowest BCUT2D eigenvalue weighted by Crippen LogP contribution is -2.25. The van der Waals surface area contributed by atoms with Crippen LogP contribution in [0.5, 0.6) is 0 Å². The maximum Gasteiger partial charge on any atom is 0.418 e. The Morgan fingerprint density at radius 2 is 1.92 bits per heavy atom. The minimum absolute atomic E-state index is 0.0668. The van der Waals surface area contributed by atoms with Gasteiger partial charge in [-0.3, -0.25) is 0 Å². The van der Waals surface area contributed by atoms with E-state index >= 15 is 0 Å². The number of anilines is 1. The van der Waals surface area contributed by atoms with Crippen molar-refractivity contribution < 1.29 is 18.0 Å². The number of halogens is 5. The van der Waals surface area contributed by atoms with Gasteiger partial charge < -0.3 is 10.6 Å². The van der Waals surface area contributed by atoms with Gasteiger partial charge in [0.15, 0.2) is 0 Å². The van der Waals surface area contributed by atoms with Crippen LogP contribution in [-0.2, 0) is 6.18 Å². The average molecular weight is 420 g/mol. The molecule has 2 N–H and O–H groups in total. The van der Waals surface area contributed by atoms with E-state index in [9.17, 15) is 18.0 Å². The first-order valence-corrected chi connectivity index (χ1v) is 7.79. The molecule has 2 rings (SSSR count). The number of carbonyl (C=O) groups excluding carboxylic acids is 1. The van der Waals surface area contributed by atoms with Gasteiger partial charge in [-0.25, -0.2) is 4.79 Å². The second-order valence-electron chi connectivity index (χ2n) is 4.67. The highest BCUT2D eigenvalue weighted by Gasteiger charge is 2.34. The van der Waals surface area contributed by atoms with Crippen LogP contribution in [-0.4, -0.2) is 6.03 Å². The van der Waals surface area contributed by atoms with E-state index in [4.69, 9.17) is 11.6 Å². The van der Waals surface area contributed by atoms with Crippen molar-refractivity contribution in [3.63, 3.8) is 0 Å². The zero-order chi connectivity index (χ0) is 17.7. The summed E-state index contributed by atoms with van der Waals surface area (Å²) < 4.78 is 39.7. The summed E-state index contributed by atoms with van der Waals surface area (Å²) in [5.41, 5.74) is -0.575. The Morgan fingerprint density at radius 3 is 2.58 bits per heavy atom. The fourth-order valence-corrected chi connectivity index (χ4v) is 2.43. The number of hydrogen-bond donors (Lipinski definition) is 2. The van der Waals surface area contributed by atoms with Crippen LogP contribution in [0.3, 0.4) is 0 Å². The van der Waals surface area contributed by atoms with Gasteiger partial charge in [-0.1, -0.05) is 39.7 Å². The summed E-state index contributed by atoms with van der Waals surface area (Å²) in [5, 5.41) is 4.43. The third-order valence-corrected chi connectivity index (χ3v) is 3.60. The second kappa shape index (κ2) is 7.72. The van der Waals surface area contributed by atoms with Crippen LogP contribution >= 0.6 is 27.5 Å². The molecule has 0 spiro atoms. The van der Waals surface area contributed by atoms with E-state index in [1.165, 1.54) is 12.3 Å². The monoisotopic (exact) mass is 418 g/mol. The van der Waals surface area contributed by atoms with Gasteiger partial charge in [0, 0.05) is 15.7 Å². The molecular weight excluding hydrogens is 409 g/mol. The van der Waals surface area contributed by atoms with E-state index in [0.717, 1.165) is 22.2 Å². The molecule has 0 aliphatic rings. The Labute approximate surface area is 149 Å². The quantitative estimate of drug-likeness (QED) is 0.637. The van der Waals surface area contributed by atoms with Gasteiger partial charge in [-0.2, -0.15) is 13.2 Å². The molecule has 8 heteroatoms. The third-order valence-electron chi connectivity index (χ3n) is 2.87. The molecule has 0 bridgehead atoms. The fourth-order valence-electron chi connectivity index (χ4n) is 1.84. The summed E-state index contributed by atoms with van der Waals surface area (Å²) in [4.78, 5) is 11.8. The van der Waals surface area contributed by atoms with Crippen molar-refractivity contribution >= 4 is 45.3 Å².